The first-order chi connectivity index (χ1) is 14.3. The van der Waals surface area contributed by atoms with Crippen LogP contribution >= 0.6 is 0 Å². The van der Waals surface area contributed by atoms with Crippen LogP contribution in [0.1, 0.15) is 11.1 Å². The summed E-state index contributed by atoms with van der Waals surface area (Å²) >= 11 is 0. The number of benzene rings is 2. The van der Waals surface area contributed by atoms with E-state index in [0.717, 1.165) is 0 Å². The molecule has 2 heterocycles. The fraction of sp³-hybridized carbons (Fsp3) is 0.286. The molecule has 0 saturated carbocycles. The van der Waals surface area contributed by atoms with Gasteiger partial charge in [-0.3, -0.25) is 0 Å². The second-order valence-electron chi connectivity index (χ2n) is 7.31. The third-order valence-corrected chi connectivity index (χ3v) is 7.02. The van der Waals surface area contributed by atoms with Gasteiger partial charge >= 0.3 is 0 Å². The number of sulfone groups is 1. The number of hydrogen-bond acceptors (Lipinski definition) is 6. The van der Waals surface area contributed by atoms with Crippen LogP contribution < -0.4 is 16.0 Å². The molecule has 0 amide bonds. The van der Waals surface area contributed by atoms with Crippen LogP contribution in [-0.4, -0.2) is 38.8 Å². The smallest absolute Gasteiger partial charge is 0.185 e. The summed E-state index contributed by atoms with van der Waals surface area (Å²) in [6.45, 7) is 2.77. The summed E-state index contributed by atoms with van der Waals surface area (Å²) in [5, 5.41) is 3.59. The Bertz CT molecular complexity index is 1230. The van der Waals surface area contributed by atoms with Crippen molar-refractivity contribution >= 4 is 32.2 Å². The Balaban J connectivity index is 1.86. The summed E-state index contributed by atoms with van der Waals surface area (Å²) in [6, 6.07) is 10.1. The molecule has 2 aromatic carbocycles. The van der Waals surface area contributed by atoms with E-state index in [1.165, 1.54) is 6.92 Å². The lowest BCUT2D eigenvalue weighted by molar-refractivity contribution is 0.510. The van der Waals surface area contributed by atoms with Crippen LogP contribution in [0.15, 0.2) is 41.3 Å². The highest BCUT2D eigenvalue weighted by Crippen LogP contribution is 2.33. The normalized spacial score (nSPS) is 15.7. The maximum atomic E-state index is 14.7. The number of nitrogens with one attached hydrogen (secondary N) is 1. The Morgan fingerprint density at radius 2 is 1.97 bits per heavy atom. The summed E-state index contributed by atoms with van der Waals surface area (Å²) in [5.74, 6) is -1.69. The van der Waals surface area contributed by atoms with Gasteiger partial charge < -0.3 is 16.0 Å². The molecule has 1 aliphatic heterocycles. The molecule has 3 N–H and O–H groups in total. The minimum Gasteiger partial charge on any atom is -0.383 e. The molecule has 0 atom stereocenters. The van der Waals surface area contributed by atoms with Crippen molar-refractivity contribution in [3.63, 3.8) is 0 Å². The minimum absolute atomic E-state index is 0.0972. The summed E-state index contributed by atoms with van der Waals surface area (Å²) in [7, 11) is -3.44. The van der Waals surface area contributed by atoms with Gasteiger partial charge in [0, 0.05) is 43.3 Å². The second kappa shape index (κ2) is 7.81. The second-order valence-corrected chi connectivity index (χ2v) is 9.39. The number of nitrogens with two attached hydrogens (primary N) is 1. The summed E-state index contributed by atoms with van der Waals surface area (Å²) in [6.07, 6.45) is 0. The van der Waals surface area contributed by atoms with Crippen molar-refractivity contribution in [1.82, 2.24) is 4.98 Å². The number of aryl methyl sites for hydroxylation is 1. The fourth-order valence-electron chi connectivity index (χ4n) is 3.69. The third kappa shape index (κ3) is 3.59. The standard InChI is InChI=1S/C21H22F2N4O2S/c1-13-10-15-16(25-7-6-24)11-18(26-21(15)20(23)19(13)22)27-8-9-30(28,29)17-5-3-2-4-14(17)12-27/h2-5,10-11H,6-9,12,24H2,1H3,(H,25,26). The lowest BCUT2D eigenvalue weighted by atomic mass is 10.1. The van der Waals surface area contributed by atoms with E-state index in [4.69, 9.17) is 5.73 Å². The van der Waals surface area contributed by atoms with E-state index in [2.05, 4.69) is 10.3 Å². The molecule has 0 saturated heterocycles. The van der Waals surface area contributed by atoms with Gasteiger partial charge in [-0.25, -0.2) is 22.2 Å². The number of nitrogens with zero attached hydrogens (tertiary/aromatic N) is 2. The van der Waals surface area contributed by atoms with Gasteiger partial charge in [-0.1, -0.05) is 18.2 Å². The molecule has 0 aliphatic carbocycles. The quantitative estimate of drug-likeness (QED) is 0.659. The number of aromatic nitrogens is 1. The van der Waals surface area contributed by atoms with E-state index in [1.54, 1.807) is 41.3 Å². The Hall–Kier alpha value is -2.78. The number of rotatable bonds is 4. The summed E-state index contributed by atoms with van der Waals surface area (Å²) < 4.78 is 54.3. The summed E-state index contributed by atoms with van der Waals surface area (Å²) in [5.41, 5.74) is 6.89. The molecule has 3 aromatic rings. The van der Waals surface area contributed by atoms with Gasteiger partial charge in [-0.15, -0.1) is 0 Å². The molecule has 30 heavy (non-hydrogen) atoms. The molecule has 158 valence electrons. The monoisotopic (exact) mass is 432 g/mol. The largest absolute Gasteiger partial charge is 0.383 e. The van der Waals surface area contributed by atoms with Gasteiger partial charge in [-0.05, 0) is 30.2 Å². The van der Waals surface area contributed by atoms with Crippen molar-refractivity contribution < 1.29 is 17.2 Å². The van der Waals surface area contributed by atoms with E-state index in [1.807, 2.05) is 0 Å². The molecular weight excluding hydrogens is 410 g/mol. The van der Waals surface area contributed by atoms with Gasteiger partial charge in [-0.2, -0.15) is 0 Å². The lowest BCUT2D eigenvalue weighted by Crippen LogP contribution is -2.27. The highest BCUT2D eigenvalue weighted by Gasteiger charge is 2.26. The van der Waals surface area contributed by atoms with Crippen LogP contribution in [0.2, 0.25) is 0 Å². The average Bonchev–Trinajstić information content (AvgIpc) is 2.87. The Morgan fingerprint density at radius 3 is 2.73 bits per heavy atom. The van der Waals surface area contributed by atoms with Crippen molar-refractivity contribution in [2.24, 2.45) is 5.73 Å². The maximum Gasteiger partial charge on any atom is 0.185 e. The first kappa shape index (κ1) is 20.5. The van der Waals surface area contributed by atoms with Crippen LogP contribution in [0, 0.1) is 18.6 Å². The van der Waals surface area contributed by atoms with Gasteiger partial charge in [0.2, 0.25) is 0 Å². The Kier molecular flexibility index (Phi) is 5.33. The highest BCUT2D eigenvalue weighted by atomic mass is 32.2. The zero-order valence-electron chi connectivity index (χ0n) is 16.5. The van der Waals surface area contributed by atoms with Gasteiger partial charge in [0.1, 0.15) is 11.3 Å². The van der Waals surface area contributed by atoms with Crippen LogP contribution in [0.3, 0.4) is 0 Å². The molecule has 0 bridgehead atoms. The molecule has 6 nitrogen and oxygen atoms in total. The minimum atomic E-state index is -3.44. The molecule has 9 heteroatoms. The molecule has 0 spiro atoms. The third-order valence-electron chi connectivity index (χ3n) is 5.24. The number of pyridine rings is 1. The molecule has 4 rings (SSSR count). The van der Waals surface area contributed by atoms with Gasteiger partial charge in [0.15, 0.2) is 21.5 Å². The molecule has 0 unspecified atom stereocenters. The number of fused-ring (bicyclic) bond motifs is 2. The number of halogens is 2. The van der Waals surface area contributed by atoms with Crippen molar-refractivity contribution in [3.05, 3.63) is 59.2 Å². The highest BCUT2D eigenvalue weighted by molar-refractivity contribution is 7.91. The van der Waals surface area contributed by atoms with E-state index in [9.17, 15) is 17.2 Å². The van der Waals surface area contributed by atoms with Crippen LogP contribution in [-0.2, 0) is 16.4 Å². The fourth-order valence-corrected chi connectivity index (χ4v) is 5.18. The van der Waals surface area contributed by atoms with Crippen LogP contribution in [0.4, 0.5) is 20.3 Å². The first-order valence-electron chi connectivity index (χ1n) is 9.60. The van der Waals surface area contributed by atoms with Crippen LogP contribution in [0.5, 0.6) is 0 Å². The molecule has 1 aromatic heterocycles. The van der Waals surface area contributed by atoms with Crippen molar-refractivity contribution in [2.45, 2.75) is 18.4 Å². The zero-order valence-corrected chi connectivity index (χ0v) is 17.3. The average molecular weight is 432 g/mol. The van der Waals surface area contributed by atoms with Gasteiger partial charge in [0.25, 0.3) is 0 Å². The van der Waals surface area contributed by atoms with Gasteiger partial charge in [0.05, 0.1) is 10.6 Å². The topological polar surface area (TPSA) is 88.3 Å². The molecule has 0 fully saturated rings. The van der Waals surface area contributed by atoms with Crippen molar-refractivity contribution in [1.29, 1.82) is 0 Å². The Morgan fingerprint density at radius 1 is 1.20 bits per heavy atom. The lowest BCUT2D eigenvalue weighted by Gasteiger charge is -2.23. The van der Waals surface area contributed by atoms with Crippen LogP contribution in [0.25, 0.3) is 10.9 Å². The van der Waals surface area contributed by atoms with E-state index >= 15 is 0 Å². The van der Waals surface area contributed by atoms with Crippen molar-refractivity contribution in [2.75, 3.05) is 35.6 Å². The maximum absolute atomic E-state index is 14.7. The van der Waals surface area contributed by atoms with Crippen molar-refractivity contribution in [3.8, 4) is 0 Å². The predicted molar refractivity (Wildman–Crippen MR) is 113 cm³/mol. The first-order valence-corrected chi connectivity index (χ1v) is 11.3. The van der Waals surface area contributed by atoms with E-state index in [0.29, 0.717) is 47.0 Å². The van der Waals surface area contributed by atoms with E-state index < -0.39 is 21.5 Å². The zero-order chi connectivity index (χ0) is 21.5. The number of hydrogen-bond donors (Lipinski definition) is 2. The summed E-state index contributed by atoms with van der Waals surface area (Å²) in [4.78, 5) is 6.44. The molecular formula is C21H22F2N4O2S. The van der Waals surface area contributed by atoms with E-state index in [-0.39, 0.29) is 23.4 Å². The molecule has 0 radical (unpaired) electrons. The SMILES string of the molecule is Cc1cc2c(NCCN)cc(N3CCS(=O)(=O)c4ccccc4C3)nc2c(F)c1F. The Labute approximate surface area is 173 Å². The predicted octanol–water partition coefficient (Wildman–Crippen LogP) is 2.99. The molecule has 1 aliphatic rings. The number of anilines is 2.